The molecule has 0 unspecified atom stereocenters. The van der Waals surface area contributed by atoms with Crippen LogP contribution in [0.1, 0.15) is 5.56 Å². The number of hydrogen-bond acceptors (Lipinski definition) is 3. The largest absolute Gasteiger partial charge is 0.330 e. The summed E-state index contributed by atoms with van der Waals surface area (Å²) in [6.45, 7) is 1.99. The van der Waals surface area contributed by atoms with Gasteiger partial charge in [0.2, 0.25) is 0 Å². The molecule has 0 saturated heterocycles. The van der Waals surface area contributed by atoms with E-state index >= 15 is 0 Å². The van der Waals surface area contributed by atoms with Gasteiger partial charge in [-0.2, -0.15) is 0 Å². The Morgan fingerprint density at radius 3 is 2.73 bits per heavy atom. The summed E-state index contributed by atoms with van der Waals surface area (Å²) < 4.78 is 0. The fourth-order valence-corrected chi connectivity index (χ4v) is 2.32. The maximum absolute atomic E-state index is 6.07. The van der Waals surface area contributed by atoms with E-state index in [2.05, 4.69) is 10.3 Å². The highest BCUT2D eigenvalue weighted by Gasteiger charge is 2.06. The summed E-state index contributed by atoms with van der Waals surface area (Å²) in [6.07, 6.45) is 0. The third-order valence-electron chi connectivity index (χ3n) is 1.93. The van der Waals surface area contributed by atoms with Crippen LogP contribution >= 0.6 is 34.5 Å². The van der Waals surface area contributed by atoms with Gasteiger partial charge in [0.25, 0.3) is 0 Å². The number of rotatable bonds is 2. The van der Waals surface area contributed by atoms with E-state index < -0.39 is 0 Å². The van der Waals surface area contributed by atoms with Crippen LogP contribution in [-0.2, 0) is 0 Å². The molecule has 1 heterocycles. The zero-order valence-corrected chi connectivity index (χ0v) is 10.2. The molecule has 0 radical (unpaired) electrons. The van der Waals surface area contributed by atoms with Gasteiger partial charge in [-0.1, -0.05) is 35.3 Å². The SMILES string of the molecule is Cc1cccc(Cl)c1Nc1nc(Cl)cs1. The number of halogens is 2. The third-order valence-corrected chi connectivity index (χ3v) is 3.33. The molecule has 0 aliphatic heterocycles. The number of thiazole rings is 1. The van der Waals surface area contributed by atoms with E-state index in [9.17, 15) is 0 Å². The molecule has 2 rings (SSSR count). The molecule has 5 heteroatoms. The van der Waals surface area contributed by atoms with Gasteiger partial charge >= 0.3 is 0 Å². The lowest BCUT2D eigenvalue weighted by Gasteiger charge is -2.08. The first-order valence-corrected chi connectivity index (χ1v) is 5.93. The van der Waals surface area contributed by atoms with E-state index in [0.717, 1.165) is 16.4 Å². The van der Waals surface area contributed by atoms with Gasteiger partial charge in [0.05, 0.1) is 10.7 Å². The number of nitrogens with zero attached hydrogens (tertiary/aromatic N) is 1. The number of aryl methyl sites for hydroxylation is 1. The summed E-state index contributed by atoms with van der Waals surface area (Å²) in [5.41, 5.74) is 1.96. The van der Waals surface area contributed by atoms with Crippen molar-refractivity contribution in [3.05, 3.63) is 39.3 Å². The minimum atomic E-state index is 0.493. The van der Waals surface area contributed by atoms with Gasteiger partial charge in [0, 0.05) is 5.38 Å². The second-order valence-electron chi connectivity index (χ2n) is 3.03. The molecule has 0 aliphatic carbocycles. The molecule has 0 fully saturated rings. The molecule has 1 N–H and O–H groups in total. The lowest BCUT2D eigenvalue weighted by Crippen LogP contribution is -1.93. The van der Waals surface area contributed by atoms with Gasteiger partial charge in [-0.3, -0.25) is 0 Å². The van der Waals surface area contributed by atoms with Crippen molar-refractivity contribution >= 4 is 45.4 Å². The molecule has 2 nitrogen and oxygen atoms in total. The Morgan fingerprint density at radius 1 is 1.33 bits per heavy atom. The number of hydrogen-bond donors (Lipinski definition) is 1. The van der Waals surface area contributed by atoms with E-state index in [-0.39, 0.29) is 0 Å². The number of aromatic nitrogens is 1. The first-order chi connectivity index (χ1) is 7.16. The minimum Gasteiger partial charge on any atom is -0.330 e. The van der Waals surface area contributed by atoms with Gasteiger partial charge in [-0.25, -0.2) is 4.98 Å². The maximum atomic E-state index is 6.07. The summed E-state index contributed by atoms with van der Waals surface area (Å²) in [5, 5.41) is 6.85. The number of anilines is 2. The highest BCUT2D eigenvalue weighted by Crippen LogP contribution is 2.30. The van der Waals surface area contributed by atoms with Crippen LogP contribution in [0, 0.1) is 6.92 Å². The molecule has 0 bridgehead atoms. The van der Waals surface area contributed by atoms with E-state index in [0.29, 0.717) is 10.2 Å². The van der Waals surface area contributed by atoms with Crippen LogP contribution in [-0.4, -0.2) is 4.98 Å². The Balaban J connectivity index is 2.31. The summed E-state index contributed by atoms with van der Waals surface area (Å²) >= 11 is 13.2. The van der Waals surface area contributed by atoms with Crippen molar-refractivity contribution < 1.29 is 0 Å². The summed E-state index contributed by atoms with van der Waals surface area (Å²) in [4.78, 5) is 4.10. The van der Waals surface area contributed by atoms with Crippen molar-refractivity contribution in [3.8, 4) is 0 Å². The fraction of sp³-hybridized carbons (Fsp3) is 0.100. The average Bonchev–Trinajstić information content (AvgIpc) is 2.58. The van der Waals surface area contributed by atoms with Crippen molar-refractivity contribution in [2.24, 2.45) is 0 Å². The van der Waals surface area contributed by atoms with Gasteiger partial charge in [-0.05, 0) is 18.6 Å². The smallest absolute Gasteiger partial charge is 0.188 e. The van der Waals surface area contributed by atoms with Crippen LogP contribution in [0.5, 0.6) is 0 Å². The van der Waals surface area contributed by atoms with Crippen LogP contribution in [0.15, 0.2) is 23.6 Å². The average molecular weight is 259 g/mol. The molecule has 0 spiro atoms. The molecular weight excluding hydrogens is 251 g/mol. The number of nitrogens with one attached hydrogen (secondary N) is 1. The van der Waals surface area contributed by atoms with E-state index in [4.69, 9.17) is 23.2 Å². The molecular formula is C10H8Cl2N2S. The normalized spacial score (nSPS) is 10.3. The zero-order chi connectivity index (χ0) is 10.8. The highest BCUT2D eigenvalue weighted by molar-refractivity contribution is 7.14. The first kappa shape index (κ1) is 10.7. The predicted octanol–water partition coefficient (Wildman–Crippen LogP) is 4.50. The lowest BCUT2D eigenvalue weighted by atomic mass is 10.2. The fourth-order valence-electron chi connectivity index (χ4n) is 1.21. The van der Waals surface area contributed by atoms with Crippen LogP contribution in [0.4, 0.5) is 10.8 Å². The summed E-state index contributed by atoms with van der Waals surface area (Å²) in [7, 11) is 0. The molecule has 0 atom stereocenters. The third kappa shape index (κ3) is 2.43. The van der Waals surface area contributed by atoms with Gasteiger partial charge in [0.1, 0.15) is 5.15 Å². The number of benzene rings is 1. The van der Waals surface area contributed by atoms with Gasteiger partial charge in [-0.15, -0.1) is 11.3 Å². The number of para-hydroxylation sites is 1. The second-order valence-corrected chi connectivity index (χ2v) is 4.68. The van der Waals surface area contributed by atoms with Crippen LogP contribution < -0.4 is 5.32 Å². The highest BCUT2D eigenvalue weighted by atomic mass is 35.5. The van der Waals surface area contributed by atoms with Crippen molar-refractivity contribution in [2.45, 2.75) is 6.92 Å². The minimum absolute atomic E-state index is 0.493. The maximum Gasteiger partial charge on any atom is 0.188 e. The molecule has 0 aliphatic rings. The van der Waals surface area contributed by atoms with Gasteiger partial charge in [0.15, 0.2) is 5.13 Å². The van der Waals surface area contributed by atoms with Crippen LogP contribution in [0.3, 0.4) is 0 Å². The van der Waals surface area contributed by atoms with Gasteiger partial charge < -0.3 is 5.32 Å². The van der Waals surface area contributed by atoms with Crippen molar-refractivity contribution in [3.63, 3.8) is 0 Å². The van der Waals surface area contributed by atoms with Crippen LogP contribution in [0.2, 0.25) is 10.2 Å². The summed E-state index contributed by atoms with van der Waals surface area (Å²) in [6, 6.07) is 5.74. The van der Waals surface area contributed by atoms with Crippen LogP contribution in [0.25, 0.3) is 0 Å². The van der Waals surface area contributed by atoms with E-state index in [1.807, 2.05) is 25.1 Å². The van der Waals surface area contributed by atoms with E-state index in [1.54, 1.807) is 5.38 Å². The zero-order valence-electron chi connectivity index (χ0n) is 7.92. The van der Waals surface area contributed by atoms with E-state index in [1.165, 1.54) is 11.3 Å². The Hall–Kier alpha value is -0.770. The molecule has 2 aromatic rings. The standard InChI is InChI=1S/C10H8Cl2N2S/c1-6-3-2-4-7(11)9(6)14-10-13-8(12)5-15-10/h2-5H,1H3,(H,13,14). The Kier molecular flexibility index (Phi) is 3.14. The quantitative estimate of drug-likeness (QED) is 0.858. The molecule has 15 heavy (non-hydrogen) atoms. The summed E-state index contributed by atoms with van der Waals surface area (Å²) in [5.74, 6) is 0. The Bertz CT molecular complexity index is 462. The molecule has 1 aromatic heterocycles. The second kappa shape index (κ2) is 4.39. The van der Waals surface area contributed by atoms with Crippen molar-refractivity contribution in [1.29, 1.82) is 0 Å². The molecule has 78 valence electrons. The molecule has 0 amide bonds. The monoisotopic (exact) mass is 258 g/mol. The first-order valence-electron chi connectivity index (χ1n) is 4.30. The lowest BCUT2D eigenvalue weighted by molar-refractivity contribution is 1.36. The Morgan fingerprint density at radius 2 is 2.13 bits per heavy atom. The topological polar surface area (TPSA) is 24.9 Å². The predicted molar refractivity (Wildman–Crippen MR) is 66.6 cm³/mol. The van der Waals surface area contributed by atoms with Crippen molar-refractivity contribution in [1.82, 2.24) is 4.98 Å². The molecule has 1 aromatic carbocycles. The molecule has 0 saturated carbocycles. The van der Waals surface area contributed by atoms with Crippen molar-refractivity contribution in [2.75, 3.05) is 5.32 Å². The Labute approximate surface area is 102 Å².